The molecule has 0 aliphatic heterocycles. The van der Waals surface area contributed by atoms with E-state index in [0.717, 1.165) is 35.3 Å². The van der Waals surface area contributed by atoms with Crippen LogP contribution in [-0.2, 0) is 6.42 Å². The third-order valence-electron chi connectivity index (χ3n) is 7.43. The summed E-state index contributed by atoms with van der Waals surface area (Å²) >= 11 is 0. The number of benzene rings is 3. The molecule has 8 nitrogen and oxygen atoms in total. The topological polar surface area (TPSA) is 103 Å². The Balaban J connectivity index is 1.33. The third kappa shape index (κ3) is 5.60. The lowest BCUT2D eigenvalue weighted by Crippen LogP contribution is -2.25. The quantitative estimate of drug-likeness (QED) is 0.281. The lowest BCUT2D eigenvalue weighted by Gasteiger charge is -2.25. The summed E-state index contributed by atoms with van der Waals surface area (Å²) in [7, 11) is 3.20. The molecule has 1 amide bonds. The Morgan fingerprint density at radius 1 is 0.923 bits per heavy atom. The van der Waals surface area contributed by atoms with Gasteiger partial charge in [0.15, 0.2) is 11.5 Å². The highest BCUT2D eigenvalue weighted by molar-refractivity contribution is 5.95. The van der Waals surface area contributed by atoms with Crippen LogP contribution in [0.5, 0.6) is 11.5 Å². The molecule has 1 saturated carbocycles. The van der Waals surface area contributed by atoms with Crippen molar-refractivity contribution in [3.05, 3.63) is 77.4 Å². The number of carboxylic acid groups (broad SMARTS) is 1. The number of carboxylic acids is 1. The smallest absolute Gasteiger partial charge is 0.335 e. The minimum atomic E-state index is -0.966. The first-order valence-corrected chi connectivity index (χ1v) is 13.3. The molecule has 8 heteroatoms. The van der Waals surface area contributed by atoms with Gasteiger partial charge in [-0.1, -0.05) is 37.5 Å². The predicted molar refractivity (Wildman–Crippen MR) is 150 cm³/mol. The molecule has 5 rings (SSSR count). The Hall–Kier alpha value is -4.33. The van der Waals surface area contributed by atoms with Gasteiger partial charge in [-0.2, -0.15) is 0 Å². The summed E-state index contributed by atoms with van der Waals surface area (Å²) in [5.74, 6) is 1.03. The minimum Gasteiger partial charge on any atom is -0.493 e. The zero-order valence-corrected chi connectivity index (χ0v) is 22.3. The summed E-state index contributed by atoms with van der Waals surface area (Å²) in [5, 5.41) is 12.4. The molecule has 0 unspecified atom stereocenters. The van der Waals surface area contributed by atoms with Crippen LogP contribution in [0.25, 0.3) is 22.4 Å². The van der Waals surface area contributed by atoms with Gasteiger partial charge in [-0.05, 0) is 67.3 Å². The van der Waals surface area contributed by atoms with Gasteiger partial charge >= 0.3 is 5.97 Å². The van der Waals surface area contributed by atoms with Crippen molar-refractivity contribution in [3.8, 4) is 22.9 Å². The molecule has 39 heavy (non-hydrogen) atoms. The van der Waals surface area contributed by atoms with E-state index in [1.165, 1.54) is 19.3 Å². The van der Waals surface area contributed by atoms with Crippen LogP contribution >= 0.6 is 0 Å². The second-order valence-electron chi connectivity index (χ2n) is 9.88. The van der Waals surface area contributed by atoms with Crippen molar-refractivity contribution in [1.82, 2.24) is 14.9 Å². The van der Waals surface area contributed by atoms with Crippen LogP contribution in [0.1, 0.15) is 64.4 Å². The van der Waals surface area contributed by atoms with E-state index < -0.39 is 5.97 Å². The summed E-state index contributed by atoms with van der Waals surface area (Å²) in [5.41, 5.74) is 4.35. The average Bonchev–Trinajstić information content (AvgIpc) is 3.36. The molecule has 3 aromatic carbocycles. The maximum atomic E-state index is 12.8. The SMILES string of the molecule is COc1ccc(CCNC(=O)c2ccc(-c3nc4cc(C(=O)O)ccc4n3C3CCCCC3)cc2)cc1OC. The molecule has 0 bridgehead atoms. The number of aromatic nitrogens is 2. The van der Waals surface area contributed by atoms with Crippen molar-refractivity contribution in [2.75, 3.05) is 20.8 Å². The number of carbonyl (C=O) groups excluding carboxylic acids is 1. The highest BCUT2D eigenvalue weighted by Gasteiger charge is 2.23. The molecule has 1 aliphatic carbocycles. The first kappa shape index (κ1) is 26.3. The van der Waals surface area contributed by atoms with Crippen LogP contribution in [0.2, 0.25) is 0 Å². The maximum Gasteiger partial charge on any atom is 0.335 e. The van der Waals surface area contributed by atoms with Gasteiger partial charge in [0.2, 0.25) is 0 Å². The van der Waals surface area contributed by atoms with Crippen molar-refractivity contribution < 1.29 is 24.2 Å². The van der Waals surface area contributed by atoms with Crippen molar-refractivity contribution in [2.24, 2.45) is 0 Å². The number of imidazole rings is 1. The van der Waals surface area contributed by atoms with E-state index in [2.05, 4.69) is 9.88 Å². The number of amides is 1. The third-order valence-corrected chi connectivity index (χ3v) is 7.43. The predicted octanol–water partition coefficient (Wildman–Crippen LogP) is 5.90. The van der Waals surface area contributed by atoms with Gasteiger partial charge in [0, 0.05) is 23.7 Å². The van der Waals surface area contributed by atoms with Crippen molar-refractivity contribution in [2.45, 2.75) is 44.6 Å². The van der Waals surface area contributed by atoms with E-state index in [1.54, 1.807) is 26.4 Å². The number of aromatic carboxylic acids is 1. The van der Waals surface area contributed by atoms with Crippen LogP contribution in [0.15, 0.2) is 60.7 Å². The Labute approximate surface area is 227 Å². The Kier molecular flexibility index (Phi) is 7.81. The van der Waals surface area contributed by atoms with E-state index >= 15 is 0 Å². The van der Waals surface area contributed by atoms with E-state index in [1.807, 2.05) is 48.5 Å². The zero-order chi connectivity index (χ0) is 27.4. The number of nitrogens with one attached hydrogen (secondary N) is 1. The number of nitrogens with zero attached hydrogens (tertiary/aromatic N) is 2. The summed E-state index contributed by atoms with van der Waals surface area (Å²) in [6.45, 7) is 0.486. The van der Waals surface area contributed by atoms with Gasteiger partial charge in [-0.3, -0.25) is 4.79 Å². The molecule has 2 N–H and O–H groups in total. The Bertz CT molecular complexity index is 1490. The number of hydrogen-bond donors (Lipinski definition) is 2. The molecule has 1 heterocycles. The average molecular weight is 528 g/mol. The second kappa shape index (κ2) is 11.6. The van der Waals surface area contributed by atoms with Gasteiger partial charge < -0.3 is 24.5 Å². The number of rotatable bonds is 9. The number of fused-ring (bicyclic) bond motifs is 1. The monoisotopic (exact) mass is 527 g/mol. The fourth-order valence-corrected chi connectivity index (χ4v) is 5.37. The van der Waals surface area contributed by atoms with Gasteiger partial charge in [-0.15, -0.1) is 0 Å². The van der Waals surface area contributed by atoms with Gasteiger partial charge in [0.05, 0.1) is 30.8 Å². The van der Waals surface area contributed by atoms with Crippen LogP contribution in [0, 0.1) is 0 Å². The van der Waals surface area contributed by atoms with Crippen molar-refractivity contribution in [3.63, 3.8) is 0 Å². The van der Waals surface area contributed by atoms with Crippen LogP contribution in [0.4, 0.5) is 0 Å². The lowest BCUT2D eigenvalue weighted by molar-refractivity contribution is 0.0696. The molecule has 0 atom stereocenters. The maximum absolute atomic E-state index is 12.8. The molecule has 1 aromatic heterocycles. The molecule has 0 radical (unpaired) electrons. The standard InChI is InChI=1S/C31H33N3O5/c1-38-27-15-8-20(18-28(27)39-2)16-17-32-30(35)22-11-9-21(10-12-22)29-33-25-19-23(31(36)37)13-14-26(25)34(29)24-6-4-3-5-7-24/h8-15,18-19,24H,3-7,16-17H2,1-2H3,(H,32,35)(H,36,37). The number of ether oxygens (including phenoxy) is 2. The fraction of sp³-hybridized carbons (Fsp3) is 0.323. The molecular formula is C31H33N3O5. The Morgan fingerprint density at radius 2 is 1.64 bits per heavy atom. The van der Waals surface area contributed by atoms with Crippen LogP contribution < -0.4 is 14.8 Å². The molecule has 0 saturated heterocycles. The van der Waals surface area contributed by atoms with Crippen LogP contribution in [-0.4, -0.2) is 47.3 Å². The van der Waals surface area contributed by atoms with Gasteiger partial charge in [0.1, 0.15) is 5.82 Å². The zero-order valence-electron chi connectivity index (χ0n) is 22.3. The molecule has 1 aliphatic rings. The molecule has 4 aromatic rings. The normalized spacial score (nSPS) is 13.8. The Morgan fingerprint density at radius 3 is 2.33 bits per heavy atom. The number of carbonyl (C=O) groups is 2. The van der Waals surface area contributed by atoms with E-state index in [0.29, 0.717) is 41.6 Å². The molecule has 0 spiro atoms. The highest BCUT2D eigenvalue weighted by Crippen LogP contribution is 2.36. The summed E-state index contributed by atoms with van der Waals surface area (Å²) in [6.07, 6.45) is 6.36. The van der Waals surface area contributed by atoms with E-state index in [-0.39, 0.29) is 11.5 Å². The number of hydrogen-bond acceptors (Lipinski definition) is 5. The van der Waals surface area contributed by atoms with Crippen LogP contribution in [0.3, 0.4) is 0 Å². The first-order chi connectivity index (χ1) is 19.0. The lowest BCUT2D eigenvalue weighted by atomic mass is 9.94. The summed E-state index contributed by atoms with van der Waals surface area (Å²) in [4.78, 5) is 29.2. The second-order valence-corrected chi connectivity index (χ2v) is 9.88. The molecule has 202 valence electrons. The summed E-state index contributed by atoms with van der Waals surface area (Å²) < 4.78 is 12.9. The largest absolute Gasteiger partial charge is 0.493 e. The van der Waals surface area contributed by atoms with Crippen molar-refractivity contribution in [1.29, 1.82) is 0 Å². The molecule has 1 fully saturated rings. The minimum absolute atomic E-state index is 0.145. The van der Waals surface area contributed by atoms with E-state index in [4.69, 9.17) is 14.5 Å². The number of methoxy groups -OCH3 is 2. The summed E-state index contributed by atoms with van der Waals surface area (Å²) in [6, 6.07) is 18.7. The molecular weight excluding hydrogens is 494 g/mol. The van der Waals surface area contributed by atoms with Gasteiger partial charge in [-0.25, -0.2) is 9.78 Å². The highest BCUT2D eigenvalue weighted by atomic mass is 16.5. The van der Waals surface area contributed by atoms with E-state index in [9.17, 15) is 14.7 Å². The van der Waals surface area contributed by atoms with Gasteiger partial charge in [0.25, 0.3) is 5.91 Å². The fourth-order valence-electron chi connectivity index (χ4n) is 5.37. The first-order valence-electron chi connectivity index (χ1n) is 13.3. The van der Waals surface area contributed by atoms with Crippen molar-refractivity contribution >= 4 is 22.9 Å².